The number of hydrogen-bond acceptors (Lipinski definition) is 9. The summed E-state index contributed by atoms with van der Waals surface area (Å²) in [4.78, 5) is 24.4. The molecule has 0 aliphatic rings. The summed E-state index contributed by atoms with van der Waals surface area (Å²) in [5, 5.41) is 27.4. The number of carbonyl (C=O) groups is 1. The number of fused-ring (bicyclic) bond motifs is 1. The maximum Gasteiger partial charge on any atom is 0.488 e. The summed E-state index contributed by atoms with van der Waals surface area (Å²) < 4.78 is 25.6. The largest absolute Gasteiger partial charge is 0.488 e. The molecule has 0 spiro atoms. The van der Waals surface area contributed by atoms with Gasteiger partial charge in [0.1, 0.15) is 0 Å². The minimum Gasteiger partial charge on any atom is -0.423 e. The number of primary amides is 1. The fraction of sp³-hybridized carbons (Fsp3) is 0.100. The molecular formula is C20H20BN7O5S. The van der Waals surface area contributed by atoms with Crippen LogP contribution in [0.25, 0.3) is 16.9 Å². The SMILES string of the molecule is Cc1cc2c(S(N)(=O)=O)cccc2n1-c1nc(NCc2cccc(B(O)O)c2)nc(C(N)=O)n1. The Morgan fingerprint density at radius 2 is 1.85 bits per heavy atom. The van der Waals surface area contributed by atoms with Gasteiger partial charge in [0.05, 0.1) is 10.4 Å². The predicted octanol–water partition coefficient (Wildman–Crippen LogP) is -0.838. The lowest BCUT2D eigenvalue weighted by Crippen LogP contribution is -2.30. The molecule has 7 N–H and O–H groups in total. The van der Waals surface area contributed by atoms with Crippen LogP contribution in [0.2, 0.25) is 0 Å². The van der Waals surface area contributed by atoms with Crippen molar-refractivity contribution >= 4 is 45.4 Å². The van der Waals surface area contributed by atoms with Crippen LogP contribution in [0.1, 0.15) is 21.9 Å². The first-order valence-electron chi connectivity index (χ1n) is 9.93. The fourth-order valence-electron chi connectivity index (χ4n) is 3.55. The van der Waals surface area contributed by atoms with Crippen molar-refractivity contribution in [2.45, 2.75) is 18.4 Å². The van der Waals surface area contributed by atoms with E-state index in [1.807, 2.05) is 0 Å². The molecule has 0 radical (unpaired) electrons. The molecule has 1 amide bonds. The number of carbonyl (C=O) groups excluding carboxylic acids is 1. The number of anilines is 1. The monoisotopic (exact) mass is 481 g/mol. The Morgan fingerprint density at radius 3 is 2.53 bits per heavy atom. The molecule has 2 aromatic carbocycles. The standard InChI is InChI=1S/C20H20BN7O5S/c1-11-8-14-15(6-3-7-16(14)34(23,32)33)28(11)20-26-18(17(22)29)25-19(27-20)24-10-12-4-2-5-13(9-12)21(30)31/h2-9,30-31H,10H2,1H3,(H2,22,29)(H2,23,32,33)(H,24,25,26,27). The van der Waals surface area contributed by atoms with Gasteiger partial charge in [0.2, 0.25) is 27.7 Å². The minimum atomic E-state index is -3.98. The van der Waals surface area contributed by atoms with E-state index in [9.17, 15) is 23.3 Å². The highest BCUT2D eigenvalue weighted by atomic mass is 32.2. The van der Waals surface area contributed by atoms with Gasteiger partial charge in [-0.15, -0.1) is 0 Å². The van der Waals surface area contributed by atoms with Crippen LogP contribution in [-0.2, 0) is 16.6 Å². The molecule has 4 aromatic rings. The number of primary sulfonamides is 1. The van der Waals surface area contributed by atoms with E-state index >= 15 is 0 Å². The second kappa shape index (κ2) is 8.83. The maximum absolute atomic E-state index is 12.0. The zero-order chi connectivity index (χ0) is 24.6. The van der Waals surface area contributed by atoms with Crippen LogP contribution in [0, 0.1) is 6.92 Å². The molecule has 4 rings (SSSR count). The summed E-state index contributed by atoms with van der Waals surface area (Å²) in [6.45, 7) is 1.92. The van der Waals surface area contributed by atoms with Crippen molar-refractivity contribution in [3.8, 4) is 5.95 Å². The molecule has 12 nitrogen and oxygen atoms in total. The third-order valence-electron chi connectivity index (χ3n) is 5.04. The molecule has 0 bridgehead atoms. The first-order chi connectivity index (χ1) is 16.0. The second-order valence-electron chi connectivity index (χ2n) is 7.47. The summed E-state index contributed by atoms with van der Waals surface area (Å²) in [6.07, 6.45) is 0. The molecule has 14 heteroatoms. The summed E-state index contributed by atoms with van der Waals surface area (Å²) in [7, 11) is -5.60. The quantitative estimate of drug-likeness (QED) is 0.209. The van der Waals surface area contributed by atoms with Crippen molar-refractivity contribution in [1.82, 2.24) is 19.5 Å². The molecule has 0 fully saturated rings. The Morgan fingerprint density at radius 1 is 1.12 bits per heavy atom. The van der Waals surface area contributed by atoms with Gasteiger partial charge in [0, 0.05) is 17.6 Å². The molecule has 174 valence electrons. The average Bonchev–Trinajstić information content (AvgIpc) is 3.12. The van der Waals surface area contributed by atoms with Gasteiger partial charge in [0.25, 0.3) is 5.91 Å². The third-order valence-corrected chi connectivity index (χ3v) is 6.01. The van der Waals surface area contributed by atoms with Gasteiger partial charge in [0.15, 0.2) is 0 Å². The third kappa shape index (κ3) is 4.60. The molecule has 0 saturated carbocycles. The number of amides is 1. The maximum atomic E-state index is 12.0. The number of nitrogens with two attached hydrogens (primary N) is 2. The van der Waals surface area contributed by atoms with E-state index < -0.39 is 23.0 Å². The van der Waals surface area contributed by atoms with Gasteiger partial charge >= 0.3 is 7.12 Å². The van der Waals surface area contributed by atoms with Gasteiger partial charge in [-0.05, 0) is 36.1 Å². The highest BCUT2D eigenvalue weighted by Crippen LogP contribution is 2.28. The number of benzene rings is 2. The van der Waals surface area contributed by atoms with Crippen molar-refractivity contribution in [3.63, 3.8) is 0 Å². The fourth-order valence-corrected chi connectivity index (χ4v) is 4.29. The van der Waals surface area contributed by atoms with E-state index in [1.54, 1.807) is 47.9 Å². The van der Waals surface area contributed by atoms with Crippen LogP contribution < -0.4 is 21.7 Å². The summed E-state index contributed by atoms with van der Waals surface area (Å²) in [5.41, 5.74) is 7.48. The van der Waals surface area contributed by atoms with E-state index in [0.29, 0.717) is 27.6 Å². The smallest absolute Gasteiger partial charge is 0.423 e. The number of rotatable bonds is 7. The van der Waals surface area contributed by atoms with Crippen molar-refractivity contribution < 1.29 is 23.3 Å². The molecular weight excluding hydrogens is 461 g/mol. The lowest BCUT2D eigenvalue weighted by atomic mass is 9.80. The van der Waals surface area contributed by atoms with E-state index in [2.05, 4.69) is 20.3 Å². The number of nitrogens with one attached hydrogen (secondary N) is 1. The lowest BCUT2D eigenvalue weighted by molar-refractivity contribution is 0.0990. The molecule has 2 heterocycles. The summed E-state index contributed by atoms with van der Waals surface area (Å²) >= 11 is 0. The van der Waals surface area contributed by atoms with E-state index in [4.69, 9.17) is 10.9 Å². The lowest BCUT2D eigenvalue weighted by Gasteiger charge is -2.11. The topological polar surface area (TPSA) is 199 Å². The second-order valence-corrected chi connectivity index (χ2v) is 9.00. The summed E-state index contributed by atoms with van der Waals surface area (Å²) in [5.74, 6) is -1.09. The van der Waals surface area contributed by atoms with Gasteiger partial charge in [-0.2, -0.15) is 15.0 Å². The van der Waals surface area contributed by atoms with Crippen LogP contribution in [0.15, 0.2) is 53.4 Å². The van der Waals surface area contributed by atoms with E-state index in [-0.39, 0.29) is 29.2 Å². The van der Waals surface area contributed by atoms with E-state index in [1.165, 1.54) is 12.1 Å². The normalized spacial score (nSPS) is 11.5. The Balaban J connectivity index is 1.78. The minimum absolute atomic E-state index is 0.0394. The highest BCUT2D eigenvalue weighted by Gasteiger charge is 2.20. The summed E-state index contributed by atoms with van der Waals surface area (Å²) in [6, 6.07) is 12.8. The molecule has 2 aromatic heterocycles. The Kier molecular flexibility index (Phi) is 6.06. The number of hydrogen-bond donors (Lipinski definition) is 5. The number of sulfonamides is 1. The van der Waals surface area contributed by atoms with E-state index in [0.717, 1.165) is 0 Å². The van der Waals surface area contributed by atoms with Gasteiger partial charge in [-0.25, -0.2) is 13.6 Å². The molecule has 0 saturated heterocycles. The average molecular weight is 481 g/mol. The molecule has 0 aliphatic heterocycles. The highest BCUT2D eigenvalue weighted by molar-refractivity contribution is 7.89. The van der Waals surface area contributed by atoms with Crippen LogP contribution >= 0.6 is 0 Å². The van der Waals surface area contributed by atoms with Gasteiger partial charge < -0.3 is 21.1 Å². The van der Waals surface area contributed by atoms with Gasteiger partial charge in [-0.3, -0.25) is 9.36 Å². The van der Waals surface area contributed by atoms with Gasteiger partial charge in [-0.1, -0.05) is 30.3 Å². The van der Waals surface area contributed by atoms with Crippen molar-refractivity contribution in [1.29, 1.82) is 0 Å². The Labute approximate surface area is 194 Å². The van der Waals surface area contributed by atoms with Crippen molar-refractivity contribution in [2.24, 2.45) is 10.9 Å². The molecule has 0 aliphatic carbocycles. The molecule has 34 heavy (non-hydrogen) atoms. The van der Waals surface area contributed by atoms with Crippen molar-refractivity contribution in [2.75, 3.05) is 5.32 Å². The zero-order valence-corrected chi connectivity index (χ0v) is 18.7. The zero-order valence-electron chi connectivity index (χ0n) is 17.9. The predicted molar refractivity (Wildman–Crippen MR) is 125 cm³/mol. The number of aromatic nitrogens is 4. The Hall–Kier alpha value is -3.85. The van der Waals surface area contributed by atoms with Crippen LogP contribution in [0.5, 0.6) is 0 Å². The molecule has 0 unspecified atom stereocenters. The number of nitrogens with zero attached hydrogens (tertiary/aromatic N) is 4. The number of aryl methyl sites for hydroxylation is 1. The molecule has 0 atom stereocenters. The first-order valence-corrected chi connectivity index (χ1v) is 11.5. The van der Waals surface area contributed by atoms with Crippen LogP contribution in [-0.4, -0.2) is 51.0 Å². The first kappa shape index (κ1) is 23.3. The Bertz CT molecular complexity index is 1520. The van der Waals surface area contributed by atoms with Crippen LogP contribution in [0.3, 0.4) is 0 Å². The van der Waals surface area contributed by atoms with Crippen molar-refractivity contribution in [3.05, 3.63) is 65.6 Å². The van der Waals surface area contributed by atoms with Crippen LogP contribution in [0.4, 0.5) is 5.95 Å².